The number of carbonyl (C=O) groups excluding carboxylic acids is 1. The summed E-state index contributed by atoms with van der Waals surface area (Å²) in [6, 6.07) is 3.50. The maximum absolute atomic E-state index is 13.2. The molecule has 1 saturated heterocycles. The molecule has 4 nitrogen and oxygen atoms in total. The van der Waals surface area contributed by atoms with Crippen molar-refractivity contribution < 1.29 is 27.8 Å². The van der Waals surface area contributed by atoms with Gasteiger partial charge < -0.3 is 14.7 Å². The Hall–Kier alpha value is -1.76. The first-order valence-electron chi connectivity index (χ1n) is 10.9. The Morgan fingerprint density at radius 1 is 1.17 bits per heavy atom. The standard InChI is InChI=1S/C23H34F3NO3/c1-4-11-30-20-13-18(12-19(15-20)23(24,25)26)14-21(28)27-9-7-22(29,8-10-27)16-17(5-2)6-3/h12-13,15,17,29H,4-11,14,16H2,1-3H3. The van der Waals surface area contributed by atoms with Gasteiger partial charge in [-0.05, 0) is 55.4 Å². The summed E-state index contributed by atoms with van der Waals surface area (Å²) in [6.07, 6.45) is -0.173. The van der Waals surface area contributed by atoms with Crippen LogP contribution in [0.25, 0.3) is 0 Å². The fourth-order valence-corrected chi connectivity index (χ4v) is 4.01. The summed E-state index contributed by atoms with van der Waals surface area (Å²) >= 11 is 0. The van der Waals surface area contributed by atoms with Gasteiger partial charge in [-0.15, -0.1) is 0 Å². The molecule has 1 aromatic carbocycles. The molecule has 7 heteroatoms. The number of likely N-dealkylation sites (tertiary alicyclic amines) is 1. The molecule has 0 unspecified atom stereocenters. The highest BCUT2D eigenvalue weighted by atomic mass is 19.4. The van der Waals surface area contributed by atoms with Crippen LogP contribution in [-0.2, 0) is 17.4 Å². The average molecular weight is 430 g/mol. The molecule has 0 aromatic heterocycles. The van der Waals surface area contributed by atoms with E-state index in [1.165, 1.54) is 6.07 Å². The summed E-state index contributed by atoms with van der Waals surface area (Å²) in [5.74, 6) is 0.372. The lowest BCUT2D eigenvalue weighted by Crippen LogP contribution is -2.47. The summed E-state index contributed by atoms with van der Waals surface area (Å²) in [6.45, 7) is 7.27. The number of hydrogen-bond acceptors (Lipinski definition) is 3. The maximum atomic E-state index is 13.2. The number of aliphatic hydroxyl groups is 1. The van der Waals surface area contributed by atoms with E-state index in [0.29, 0.717) is 50.4 Å². The molecule has 1 aliphatic heterocycles. The Balaban J connectivity index is 2.04. The zero-order valence-electron chi connectivity index (χ0n) is 18.2. The minimum absolute atomic E-state index is 0.114. The van der Waals surface area contributed by atoms with Gasteiger partial charge >= 0.3 is 6.18 Å². The number of benzene rings is 1. The summed E-state index contributed by atoms with van der Waals surface area (Å²) in [4.78, 5) is 14.4. The van der Waals surface area contributed by atoms with Crippen LogP contribution in [0.2, 0.25) is 0 Å². The molecule has 0 aliphatic carbocycles. The quantitative estimate of drug-likeness (QED) is 0.586. The van der Waals surface area contributed by atoms with E-state index in [4.69, 9.17) is 4.74 Å². The van der Waals surface area contributed by atoms with Crippen molar-refractivity contribution in [1.82, 2.24) is 4.90 Å². The fourth-order valence-electron chi connectivity index (χ4n) is 4.01. The monoisotopic (exact) mass is 429 g/mol. The van der Waals surface area contributed by atoms with Gasteiger partial charge in [0.25, 0.3) is 0 Å². The summed E-state index contributed by atoms with van der Waals surface area (Å²) in [5.41, 5.74) is -1.28. The van der Waals surface area contributed by atoms with Crippen LogP contribution in [-0.4, -0.2) is 41.2 Å². The zero-order chi connectivity index (χ0) is 22.4. The lowest BCUT2D eigenvalue weighted by molar-refractivity contribution is -0.138. The van der Waals surface area contributed by atoms with E-state index in [-0.39, 0.29) is 18.1 Å². The van der Waals surface area contributed by atoms with E-state index in [1.54, 1.807) is 4.90 Å². The second-order valence-corrected chi connectivity index (χ2v) is 8.38. The van der Waals surface area contributed by atoms with Gasteiger partial charge in [0.15, 0.2) is 0 Å². The minimum Gasteiger partial charge on any atom is -0.494 e. The summed E-state index contributed by atoms with van der Waals surface area (Å²) in [7, 11) is 0. The van der Waals surface area contributed by atoms with Crippen LogP contribution in [0.5, 0.6) is 5.75 Å². The number of rotatable bonds is 9. The van der Waals surface area contributed by atoms with Crippen molar-refractivity contribution in [2.45, 2.75) is 77.5 Å². The van der Waals surface area contributed by atoms with Gasteiger partial charge in [-0.1, -0.05) is 33.6 Å². The molecule has 1 aromatic rings. The lowest BCUT2D eigenvalue weighted by atomic mass is 9.81. The second kappa shape index (κ2) is 10.5. The van der Waals surface area contributed by atoms with Crippen LogP contribution in [0.15, 0.2) is 18.2 Å². The minimum atomic E-state index is -4.50. The third-order valence-electron chi connectivity index (χ3n) is 5.99. The Labute approximate surface area is 177 Å². The highest BCUT2D eigenvalue weighted by Crippen LogP contribution is 2.34. The molecule has 0 saturated carbocycles. The molecule has 1 amide bonds. The van der Waals surface area contributed by atoms with Gasteiger partial charge in [-0.3, -0.25) is 4.79 Å². The predicted octanol–water partition coefficient (Wildman–Crippen LogP) is 5.22. The molecule has 1 aliphatic rings. The van der Waals surface area contributed by atoms with E-state index in [9.17, 15) is 23.1 Å². The van der Waals surface area contributed by atoms with Crippen molar-refractivity contribution in [3.05, 3.63) is 29.3 Å². The van der Waals surface area contributed by atoms with Gasteiger partial charge in [0.2, 0.25) is 5.91 Å². The number of carbonyl (C=O) groups is 1. The fraction of sp³-hybridized carbons (Fsp3) is 0.696. The van der Waals surface area contributed by atoms with Crippen molar-refractivity contribution in [2.75, 3.05) is 19.7 Å². The third-order valence-corrected chi connectivity index (χ3v) is 5.99. The molecule has 1 N–H and O–H groups in total. The number of nitrogens with zero attached hydrogens (tertiary/aromatic N) is 1. The molecule has 1 fully saturated rings. The number of hydrogen-bond donors (Lipinski definition) is 1. The predicted molar refractivity (Wildman–Crippen MR) is 110 cm³/mol. The van der Waals surface area contributed by atoms with Gasteiger partial charge in [0.1, 0.15) is 5.75 Å². The molecule has 1 heterocycles. The molecular formula is C23H34F3NO3. The third kappa shape index (κ3) is 6.89. The van der Waals surface area contributed by atoms with E-state index < -0.39 is 17.3 Å². The molecule has 0 spiro atoms. The summed E-state index contributed by atoms with van der Waals surface area (Å²) < 4.78 is 45.1. The highest BCUT2D eigenvalue weighted by molar-refractivity contribution is 5.79. The van der Waals surface area contributed by atoms with Crippen LogP contribution < -0.4 is 4.74 Å². The van der Waals surface area contributed by atoms with Crippen molar-refractivity contribution >= 4 is 5.91 Å². The molecule has 30 heavy (non-hydrogen) atoms. The zero-order valence-corrected chi connectivity index (χ0v) is 18.2. The Bertz CT molecular complexity index is 693. The number of amides is 1. The van der Waals surface area contributed by atoms with Gasteiger partial charge in [-0.25, -0.2) is 0 Å². The first kappa shape index (κ1) is 24.5. The van der Waals surface area contributed by atoms with E-state index >= 15 is 0 Å². The molecule has 0 radical (unpaired) electrons. The van der Waals surface area contributed by atoms with Gasteiger partial charge in [0.05, 0.1) is 24.2 Å². The van der Waals surface area contributed by atoms with Gasteiger partial charge in [-0.2, -0.15) is 13.2 Å². The Morgan fingerprint density at radius 2 is 1.80 bits per heavy atom. The summed E-state index contributed by atoms with van der Waals surface area (Å²) in [5, 5.41) is 10.9. The normalized spacial score (nSPS) is 16.7. The first-order valence-corrected chi connectivity index (χ1v) is 10.9. The SMILES string of the molecule is CCCOc1cc(CC(=O)N2CCC(O)(CC(CC)CC)CC2)cc(C(F)(F)F)c1. The van der Waals surface area contributed by atoms with Crippen LogP contribution >= 0.6 is 0 Å². The van der Waals surface area contributed by atoms with E-state index in [2.05, 4.69) is 13.8 Å². The number of piperidine rings is 1. The smallest absolute Gasteiger partial charge is 0.416 e. The topological polar surface area (TPSA) is 49.8 Å². The largest absolute Gasteiger partial charge is 0.494 e. The van der Waals surface area contributed by atoms with Crippen LogP contribution in [0, 0.1) is 5.92 Å². The van der Waals surface area contributed by atoms with E-state index in [1.807, 2.05) is 6.92 Å². The maximum Gasteiger partial charge on any atom is 0.416 e. The molecule has 0 bridgehead atoms. The van der Waals surface area contributed by atoms with Crippen molar-refractivity contribution in [1.29, 1.82) is 0 Å². The van der Waals surface area contributed by atoms with Crippen LogP contribution in [0.4, 0.5) is 13.2 Å². The van der Waals surface area contributed by atoms with E-state index in [0.717, 1.165) is 31.4 Å². The number of ether oxygens (including phenoxy) is 1. The number of halogens is 3. The lowest BCUT2D eigenvalue weighted by Gasteiger charge is -2.40. The molecule has 0 atom stereocenters. The van der Waals surface area contributed by atoms with Crippen molar-refractivity contribution in [2.24, 2.45) is 5.92 Å². The molecule has 170 valence electrons. The number of alkyl halides is 3. The van der Waals surface area contributed by atoms with Crippen LogP contribution in [0.1, 0.15) is 70.4 Å². The molecular weight excluding hydrogens is 395 g/mol. The average Bonchev–Trinajstić information content (AvgIpc) is 2.70. The molecule has 2 rings (SSSR count). The highest BCUT2D eigenvalue weighted by Gasteiger charge is 2.36. The first-order chi connectivity index (χ1) is 14.1. The van der Waals surface area contributed by atoms with Crippen LogP contribution in [0.3, 0.4) is 0 Å². The van der Waals surface area contributed by atoms with Gasteiger partial charge in [0, 0.05) is 13.1 Å². The second-order valence-electron chi connectivity index (χ2n) is 8.38. The van der Waals surface area contributed by atoms with Crippen molar-refractivity contribution in [3.8, 4) is 5.75 Å². The Morgan fingerprint density at radius 3 is 2.33 bits per heavy atom. The van der Waals surface area contributed by atoms with Crippen molar-refractivity contribution in [3.63, 3.8) is 0 Å². The Kier molecular flexibility index (Phi) is 8.59.